The van der Waals surface area contributed by atoms with Crippen molar-refractivity contribution in [1.29, 1.82) is 0 Å². The van der Waals surface area contributed by atoms with Crippen LogP contribution in [0.1, 0.15) is 20.3 Å². The fourth-order valence-corrected chi connectivity index (χ4v) is 2.21. The molecule has 0 bridgehead atoms. The van der Waals surface area contributed by atoms with Gasteiger partial charge in [-0.05, 0) is 18.1 Å². The lowest BCUT2D eigenvalue weighted by atomic mass is 10.2. The number of carbonyl (C=O) groups excluding carboxylic acids is 1. The van der Waals surface area contributed by atoms with E-state index < -0.39 is 0 Å². The first-order valence-electron chi connectivity index (χ1n) is 7.05. The summed E-state index contributed by atoms with van der Waals surface area (Å²) in [6.45, 7) is 5.07. The van der Waals surface area contributed by atoms with Crippen molar-refractivity contribution in [2.45, 2.75) is 26.8 Å². The van der Waals surface area contributed by atoms with Gasteiger partial charge in [0.05, 0.1) is 11.9 Å². The highest BCUT2D eigenvalue weighted by Gasteiger charge is 2.12. The zero-order valence-electron chi connectivity index (χ0n) is 12.6. The third-order valence-corrected chi connectivity index (χ3v) is 3.23. The summed E-state index contributed by atoms with van der Waals surface area (Å²) in [7, 11) is 1.77. The number of hydrogen-bond acceptors (Lipinski definition) is 4. The van der Waals surface area contributed by atoms with Crippen LogP contribution in [-0.4, -0.2) is 39.4 Å². The van der Waals surface area contributed by atoms with Crippen molar-refractivity contribution in [3.63, 3.8) is 0 Å². The van der Waals surface area contributed by atoms with Gasteiger partial charge in [-0.15, -0.1) is 5.10 Å². The highest BCUT2D eigenvalue weighted by atomic mass is 16.2. The number of aryl methyl sites for hydroxylation is 1. The van der Waals surface area contributed by atoms with Crippen LogP contribution in [0.4, 0.5) is 0 Å². The summed E-state index contributed by atoms with van der Waals surface area (Å²) < 4.78 is 1.25. The van der Waals surface area contributed by atoms with E-state index in [2.05, 4.69) is 24.2 Å². The number of carbonyl (C=O) groups is 1. The van der Waals surface area contributed by atoms with Gasteiger partial charge in [-0.25, -0.2) is 4.68 Å². The van der Waals surface area contributed by atoms with Gasteiger partial charge in [0.25, 0.3) is 5.56 Å². The highest BCUT2D eigenvalue weighted by molar-refractivity contribution is 5.77. The van der Waals surface area contributed by atoms with E-state index in [9.17, 15) is 9.59 Å². The van der Waals surface area contributed by atoms with Gasteiger partial charge >= 0.3 is 0 Å². The number of aromatic nitrogens is 3. The smallest absolute Gasteiger partial charge is 0.277 e. The fraction of sp³-hybridized carbons (Fsp3) is 0.467. The normalized spacial score (nSPS) is 11.0. The molecule has 21 heavy (non-hydrogen) atoms. The van der Waals surface area contributed by atoms with E-state index in [-0.39, 0.29) is 24.4 Å². The predicted molar refractivity (Wildman–Crippen MR) is 80.9 cm³/mol. The van der Waals surface area contributed by atoms with Crippen LogP contribution in [0, 0.1) is 5.92 Å². The minimum Gasteiger partial charge on any atom is -0.345 e. The standard InChI is InChI=1S/C15H20N4O2/c1-11(2)10-18(3)14(20)8-9-19-15(21)12-6-4-5-7-13(12)16-17-19/h4-7,11H,8-10H2,1-3H3. The third-order valence-electron chi connectivity index (χ3n) is 3.23. The summed E-state index contributed by atoms with van der Waals surface area (Å²) >= 11 is 0. The van der Waals surface area contributed by atoms with Crippen LogP contribution in [0.5, 0.6) is 0 Å². The van der Waals surface area contributed by atoms with E-state index in [0.717, 1.165) is 0 Å². The third kappa shape index (κ3) is 3.65. The molecule has 1 amide bonds. The number of amides is 1. The summed E-state index contributed by atoms with van der Waals surface area (Å²) in [5, 5.41) is 8.41. The van der Waals surface area contributed by atoms with E-state index in [1.54, 1.807) is 30.1 Å². The Morgan fingerprint density at radius 3 is 2.76 bits per heavy atom. The van der Waals surface area contributed by atoms with E-state index in [4.69, 9.17) is 0 Å². The van der Waals surface area contributed by atoms with E-state index in [1.807, 2.05) is 6.07 Å². The lowest BCUT2D eigenvalue weighted by Crippen LogP contribution is -2.32. The molecule has 6 heteroatoms. The summed E-state index contributed by atoms with van der Waals surface area (Å²) in [6, 6.07) is 7.06. The minimum absolute atomic E-state index is 0.00515. The molecule has 0 aliphatic heterocycles. The Kier molecular flexibility index (Phi) is 4.67. The number of benzene rings is 1. The molecule has 2 aromatic rings. The van der Waals surface area contributed by atoms with Crippen LogP contribution >= 0.6 is 0 Å². The van der Waals surface area contributed by atoms with Crippen molar-refractivity contribution in [1.82, 2.24) is 19.9 Å². The van der Waals surface area contributed by atoms with Gasteiger partial charge in [-0.2, -0.15) is 0 Å². The Bertz CT molecular complexity index is 693. The van der Waals surface area contributed by atoms with Crippen LogP contribution in [0.3, 0.4) is 0 Å². The lowest BCUT2D eigenvalue weighted by Gasteiger charge is -2.19. The molecule has 2 rings (SSSR count). The monoisotopic (exact) mass is 288 g/mol. The highest BCUT2D eigenvalue weighted by Crippen LogP contribution is 2.04. The maximum atomic E-state index is 12.2. The molecule has 0 saturated heterocycles. The molecule has 112 valence electrons. The molecule has 0 unspecified atom stereocenters. The number of nitrogens with zero attached hydrogens (tertiary/aromatic N) is 4. The molecule has 0 spiro atoms. The van der Waals surface area contributed by atoms with Crippen LogP contribution in [0.25, 0.3) is 10.9 Å². The Labute approximate surface area is 123 Å². The van der Waals surface area contributed by atoms with Gasteiger partial charge in [-0.3, -0.25) is 9.59 Å². The molecule has 0 N–H and O–H groups in total. The molecule has 0 radical (unpaired) electrons. The molecule has 0 fully saturated rings. The lowest BCUT2D eigenvalue weighted by molar-refractivity contribution is -0.130. The molecule has 1 aromatic carbocycles. The van der Waals surface area contributed by atoms with Gasteiger partial charge in [-0.1, -0.05) is 31.2 Å². The van der Waals surface area contributed by atoms with Gasteiger partial charge < -0.3 is 4.90 Å². The van der Waals surface area contributed by atoms with Gasteiger partial charge in [0, 0.05) is 20.0 Å². The maximum absolute atomic E-state index is 12.2. The zero-order chi connectivity index (χ0) is 15.4. The Hall–Kier alpha value is -2.24. The first-order chi connectivity index (χ1) is 9.99. The largest absolute Gasteiger partial charge is 0.345 e. The Morgan fingerprint density at radius 1 is 1.33 bits per heavy atom. The quantitative estimate of drug-likeness (QED) is 0.831. The molecule has 0 aliphatic carbocycles. The van der Waals surface area contributed by atoms with Gasteiger partial charge in [0.2, 0.25) is 5.91 Å². The number of rotatable bonds is 5. The van der Waals surface area contributed by atoms with Gasteiger partial charge in [0.1, 0.15) is 5.52 Å². The molecule has 0 saturated carbocycles. The van der Waals surface area contributed by atoms with E-state index in [1.165, 1.54) is 4.68 Å². The van der Waals surface area contributed by atoms with Crippen molar-refractivity contribution >= 4 is 16.8 Å². The Morgan fingerprint density at radius 2 is 2.05 bits per heavy atom. The fourth-order valence-electron chi connectivity index (χ4n) is 2.21. The van der Waals surface area contributed by atoms with Crippen molar-refractivity contribution in [2.75, 3.05) is 13.6 Å². The van der Waals surface area contributed by atoms with E-state index >= 15 is 0 Å². The maximum Gasteiger partial charge on any atom is 0.277 e. The van der Waals surface area contributed by atoms with Crippen molar-refractivity contribution in [3.8, 4) is 0 Å². The summed E-state index contributed by atoms with van der Waals surface area (Å²) in [6.07, 6.45) is 0.246. The zero-order valence-corrected chi connectivity index (χ0v) is 12.6. The van der Waals surface area contributed by atoms with Crippen molar-refractivity contribution in [2.24, 2.45) is 5.92 Å². The van der Waals surface area contributed by atoms with Crippen LogP contribution < -0.4 is 5.56 Å². The second-order valence-corrected chi connectivity index (χ2v) is 5.55. The predicted octanol–water partition coefficient (Wildman–Crippen LogP) is 1.30. The molecular weight excluding hydrogens is 268 g/mol. The first kappa shape index (κ1) is 15.2. The number of fused-ring (bicyclic) bond motifs is 1. The second kappa shape index (κ2) is 6.47. The van der Waals surface area contributed by atoms with Crippen LogP contribution in [-0.2, 0) is 11.3 Å². The van der Waals surface area contributed by atoms with E-state index in [0.29, 0.717) is 23.4 Å². The SMILES string of the molecule is CC(C)CN(C)C(=O)CCn1nnc2ccccc2c1=O. The molecule has 1 heterocycles. The summed E-state index contributed by atoms with van der Waals surface area (Å²) in [5.74, 6) is 0.424. The number of hydrogen-bond donors (Lipinski definition) is 0. The Balaban J connectivity index is 2.09. The van der Waals surface area contributed by atoms with Crippen molar-refractivity contribution < 1.29 is 4.79 Å². The average molecular weight is 288 g/mol. The molecule has 0 atom stereocenters. The molecular formula is C15H20N4O2. The molecule has 1 aromatic heterocycles. The first-order valence-corrected chi connectivity index (χ1v) is 7.05. The van der Waals surface area contributed by atoms with Gasteiger partial charge in [0.15, 0.2) is 0 Å². The van der Waals surface area contributed by atoms with Crippen molar-refractivity contribution in [3.05, 3.63) is 34.6 Å². The molecule has 6 nitrogen and oxygen atoms in total. The summed E-state index contributed by atoms with van der Waals surface area (Å²) in [5.41, 5.74) is 0.363. The van der Waals surface area contributed by atoms with Crippen LogP contribution in [0.2, 0.25) is 0 Å². The molecule has 0 aliphatic rings. The van der Waals surface area contributed by atoms with Crippen LogP contribution in [0.15, 0.2) is 29.1 Å². The topological polar surface area (TPSA) is 68.1 Å². The second-order valence-electron chi connectivity index (χ2n) is 5.55. The summed E-state index contributed by atoms with van der Waals surface area (Å²) in [4.78, 5) is 25.9. The minimum atomic E-state index is -0.208. The average Bonchev–Trinajstić information content (AvgIpc) is 2.46.